The number of rotatable bonds is 2. The van der Waals surface area contributed by atoms with Gasteiger partial charge in [-0.3, -0.25) is 4.79 Å². The number of aromatic nitrogens is 1. The largest absolute Gasteiger partial charge is 0.340 e. The molecule has 2 aromatic carbocycles. The van der Waals surface area contributed by atoms with Crippen molar-refractivity contribution in [3.05, 3.63) is 63.8 Å². The SMILES string of the molecule is Cc1cc(Cl)ccc1NC(=O)c1cc2c(Cl)cccc2n1C. The standard InChI is InChI=1S/C17H14Cl2N2O/c1-10-8-11(18)6-7-14(10)20-17(22)16-9-12-13(19)4-3-5-15(12)21(16)2/h3-9H,1-2H3,(H,20,22). The Morgan fingerprint density at radius 3 is 2.59 bits per heavy atom. The summed E-state index contributed by atoms with van der Waals surface area (Å²) in [6, 6.07) is 12.8. The van der Waals surface area contributed by atoms with Gasteiger partial charge < -0.3 is 9.88 Å². The summed E-state index contributed by atoms with van der Waals surface area (Å²) in [4.78, 5) is 12.5. The number of hydrogen-bond acceptors (Lipinski definition) is 1. The second-order valence-electron chi connectivity index (χ2n) is 5.17. The zero-order valence-electron chi connectivity index (χ0n) is 12.2. The van der Waals surface area contributed by atoms with Crippen LogP contribution in [0.2, 0.25) is 10.0 Å². The minimum Gasteiger partial charge on any atom is -0.340 e. The third-order valence-electron chi connectivity index (χ3n) is 3.70. The normalized spacial score (nSPS) is 10.9. The number of fused-ring (bicyclic) bond motifs is 1. The zero-order valence-corrected chi connectivity index (χ0v) is 13.7. The number of nitrogens with one attached hydrogen (secondary N) is 1. The van der Waals surface area contributed by atoms with Gasteiger partial charge >= 0.3 is 0 Å². The van der Waals surface area contributed by atoms with E-state index in [0.29, 0.717) is 15.7 Å². The Kier molecular flexibility index (Phi) is 3.85. The summed E-state index contributed by atoms with van der Waals surface area (Å²) in [5.74, 6) is -0.180. The van der Waals surface area contributed by atoms with Crippen LogP contribution in [0.1, 0.15) is 16.1 Å². The molecule has 0 aliphatic rings. The fraction of sp³-hybridized carbons (Fsp3) is 0.118. The minimum absolute atomic E-state index is 0.180. The maximum atomic E-state index is 12.5. The number of nitrogens with zero attached hydrogens (tertiary/aromatic N) is 1. The van der Waals surface area contributed by atoms with Gasteiger partial charge in [0.25, 0.3) is 5.91 Å². The van der Waals surface area contributed by atoms with Gasteiger partial charge in [-0.25, -0.2) is 0 Å². The van der Waals surface area contributed by atoms with Gasteiger partial charge in [0.05, 0.1) is 0 Å². The summed E-state index contributed by atoms with van der Waals surface area (Å²) in [6.45, 7) is 1.90. The van der Waals surface area contributed by atoms with Crippen LogP contribution in [0.15, 0.2) is 42.5 Å². The first-order chi connectivity index (χ1) is 10.5. The molecule has 0 saturated carbocycles. The molecule has 1 aromatic heterocycles. The molecule has 1 heterocycles. The summed E-state index contributed by atoms with van der Waals surface area (Å²) in [5, 5.41) is 5.06. The van der Waals surface area contributed by atoms with Crippen molar-refractivity contribution in [2.45, 2.75) is 6.92 Å². The number of carbonyl (C=O) groups is 1. The van der Waals surface area contributed by atoms with Crippen LogP contribution in [-0.2, 0) is 7.05 Å². The molecule has 1 N–H and O–H groups in total. The maximum absolute atomic E-state index is 12.5. The van der Waals surface area contributed by atoms with Gasteiger partial charge in [0, 0.05) is 33.7 Å². The molecule has 0 atom stereocenters. The van der Waals surface area contributed by atoms with Crippen molar-refractivity contribution in [3.63, 3.8) is 0 Å². The van der Waals surface area contributed by atoms with E-state index >= 15 is 0 Å². The van der Waals surface area contributed by atoms with Crippen LogP contribution < -0.4 is 5.32 Å². The van der Waals surface area contributed by atoms with E-state index < -0.39 is 0 Å². The van der Waals surface area contributed by atoms with Gasteiger partial charge in [-0.15, -0.1) is 0 Å². The highest BCUT2D eigenvalue weighted by molar-refractivity contribution is 6.35. The highest BCUT2D eigenvalue weighted by atomic mass is 35.5. The van der Waals surface area contributed by atoms with Crippen LogP contribution in [0.3, 0.4) is 0 Å². The Bertz CT molecular complexity index is 884. The van der Waals surface area contributed by atoms with Gasteiger partial charge in [0.1, 0.15) is 5.69 Å². The first kappa shape index (κ1) is 14.9. The predicted octanol–water partition coefficient (Wildman–Crippen LogP) is 5.05. The Morgan fingerprint density at radius 2 is 1.91 bits per heavy atom. The Morgan fingerprint density at radius 1 is 1.14 bits per heavy atom. The molecule has 0 radical (unpaired) electrons. The quantitative estimate of drug-likeness (QED) is 0.700. The number of carbonyl (C=O) groups excluding carboxylic acids is 1. The molecule has 112 valence electrons. The molecule has 5 heteroatoms. The van der Waals surface area contributed by atoms with Crippen molar-refractivity contribution in [1.82, 2.24) is 4.57 Å². The molecule has 1 amide bonds. The molecule has 0 fully saturated rings. The predicted molar refractivity (Wildman–Crippen MR) is 92.1 cm³/mol. The molecule has 22 heavy (non-hydrogen) atoms. The molecule has 0 bridgehead atoms. The third-order valence-corrected chi connectivity index (χ3v) is 4.27. The van der Waals surface area contributed by atoms with Crippen molar-refractivity contribution in [2.24, 2.45) is 7.05 Å². The lowest BCUT2D eigenvalue weighted by atomic mass is 10.2. The van der Waals surface area contributed by atoms with Gasteiger partial charge in [-0.2, -0.15) is 0 Å². The molecule has 0 aliphatic carbocycles. The van der Waals surface area contributed by atoms with Gasteiger partial charge in [0.15, 0.2) is 0 Å². The molecule has 3 aromatic rings. The minimum atomic E-state index is -0.180. The van der Waals surface area contributed by atoms with Gasteiger partial charge in [-0.05, 0) is 48.9 Å². The molecule has 0 spiro atoms. The number of anilines is 1. The van der Waals surface area contributed by atoms with E-state index in [-0.39, 0.29) is 5.91 Å². The summed E-state index contributed by atoms with van der Waals surface area (Å²) in [6.07, 6.45) is 0. The number of aryl methyl sites for hydroxylation is 2. The fourth-order valence-electron chi connectivity index (χ4n) is 2.50. The van der Waals surface area contributed by atoms with Gasteiger partial charge in [-0.1, -0.05) is 29.3 Å². The molecule has 0 saturated heterocycles. The van der Waals surface area contributed by atoms with Crippen LogP contribution in [0.5, 0.6) is 0 Å². The van der Waals surface area contributed by atoms with Crippen LogP contribution in [0.4, 0.5) is 5.69 Å². The third kappa shape index (κ3) is 2.58. The zero-order chi connectivity index (χ0) is 15.9. The summed E-state index contributed by atoms with van der Waals surface area (Å²) >= 11 is 12.1. The topological polar surface area (TPSA) is 34.0 Å². The molecular formula is C17H14Cl2N2O. The van der Waals surface area contributed by atoms with Crippen LogP contribution >= 0.6 is 23.2 Å². The highest BCUT2D eigenvalue weighted by Gasteiger charge is 2.15. The van der Waals surface area contributed by atoms with Crippen molar-refractivity contribution < 1.29 is 4.79 Å². The summed E-state index contributed by atoms with van der Waals surface area (Å²) in [5.41, 5.74) is 3.13. The molecule has 0 unspecified atom stereocenters. The van der Waals surface area contributed by atoms with E-state index in [1.807, 2.05) is 42.8 Å². The highest BCUT2D eigenvalue weighted by Crippen LogP contribution is 2.27. The van der Waals surface area contributed by atoms with E-state index in [1.165, 1.54) is 0 Å². The van der Waals surface area contributed by atoms with Crippen LogP contribution in [0.25, 0.3) is 10.9 Å². The smallest absolute Gasteiger partial charge is 0.272 e. The lowest BCUT2D eigenvalue weighted by Gasteiger charge is -2.09. The van der Waals surface area contributed by atoms with Crippen LogP contribution in [-0.4, -0.2) is 10.5 Å². The number of halogens is 2. The van der Waals surface area contributed by atoms with E-state index in [4.69, 9.17) is 23.2 Å². The number of amides is 1. The molecule has 3 rings (SSSR count). The van der Waals surface area contributed by atoms with Crippen LogP contribution in [0, 0.1) is 6.92 Å². The second kappa shape index (κ2) is 5.67. The average molecular weight is 333 g/mol. The lowest BCUT2D eigenvalue weighted by molar-refractivity contribution is 0.101. The monoisotopic (exact) mass is 332 g/mol. The van der Waals surface area contributed by atoms with Crippen molar-refractivity contribution in [1.29, 1.82) is 0 Å². The first-order valence-electron chi connectivity index (χ1n) is 6.79. The Labute approximate surface area is 138 Å². The summed E-state index contributed by atoms with van der Waals surface area (Å²) < 4.78 is 1.84. The second-order valence-corrected chi connectivity index (χ2v) is 6.02. The van der Waals surface area contributed by atoms with Crippen molar-refractivity contribution >= 4 is 45.7 Å². The molecular weight excluding hydrogens is 319 g/mol. The van der Waals surface area contributed by atoms with Crippen molar-refractivity contribution in [2.75, 3.05) is 5.32 Å². The fourth-order valence-corrected chi connectivity index (χ4v) is 2.95. The Balaban J connectivity index is 1.99. The number of benzene rings is 2. The van der Waals surface area contributed by atoms with Gasteiger partial charge in [0.2, 0.25) is 0 Å². The first-order valence-corrected chi connectivity index (χ1v) is 7.54. The molecule has 3 nitrogen and oxygen atoms in total. The van der Waals surface area contributed by atoms with Crippen molar-refractivity contribution in [3.8, 4) is 0 Å². The summed E-state index contributed by atoms with van der Waals surface area (Å²) in [7, 11) is 1.85. The lowest BCUT2D eigenvalue weighted by Crippen LogP contribution is -2.16. The maximum Gasteiger partial charge on any atom is 0.272 e. The van der Waals surface area contributed by atoms with E-state index in [9.17, 15) is 4.79 Å². The van der Waals surface area contributed by atoms with E-state index in [1.54, 1.807) is 18.2 Å². The van der Waals surface area contributed by atoms with E-state index in [2.05, 4.69) is 5.32 Å². The number of hydrogen-bond donors (Lipinski definition) is 1. The average Bonchev–Trinajstić information content (AvgIpc) is 2.81. The van der Waals surface area contributed by atoms with E-state index in [0.717, 1.165) is 22.2 Å². The Hall–Kier alpha value is -1.97. The molecule has 0 aliphatic heterocycles.